The van der Waals surface area contributed by atoms with Crippen LogP contribution in [0.2, 0.25) is 0 Å². The summed E-state index contributed by atoms with van der Waals surface area (Å²) in [7, 11) is -1.53. The van der Waals surface area contributed by atoms with E-state index >= 15 is 0 Å². The van der Waals surface area contributed by atoms with Crippen molar-refractivity contribution in [2.45, 2.75) is 17.2 Å². The number of alkyl halides is 3. The zero-order chi connectivity index (χ0) is 22.3. The first kappa shape index (κ1) is 22.0. The van der Waals surface area contributed by atoms with Crippen LogP contribution in [0.5, 0.6) is 0 Å². The smallest absolute Gasteiger partial charge is 0.377 e. The van der Waals surface area contributed by atoms with Gasteiger partial charge in [-0.05, 0) is 18.2 Å². The molecule has 3 aromatic carbocycles. The fourth-order valence-electron chi connectivity index (χ4n) is 3.05. The van der Waals surface area contributed by atoms with Gasteiger partial charge in [-0.2, -0.15) is 21.6 Å². The molecule has 0 amide bonds. The molecule has 0 aliphatic carbocycles. The van der Waals surface area contributed by atoms with Crippen LogP contribution in [0, 0.1) is 11.6 Å². The minimum Gasteiger partial charge on any atom is -0.377 e. The van der Waals surface area contributed by atoms with Crippen molar-refractivity contribution in [2.75, 3.05) is 19.0 Å². The highest BCUT2D eigenvalue weighted by Gasteiger charge is 2.46. The summed E-state index contributed by atoms with van der Waals surface area (Å²) in [4.78, 5) is 1.21. The average molecular weight is 445 g/mol. The number of nitrogens with zero attached hydrogens (tertiary/aromatic N) is 1. The monoisotopic (exact) mass is 445 g/mol. The molecule has 3 aromatic rings. The molecule has 0 fully saturated rings. The van der Waals surface area contributed by atoms with Crippen LogP contribution in [0.25, 0.3) is 10.8 Å². The summed E-state index contributed by atoms with van der Waals surface area (Å²) < 4.78 is 97.8. The van der Waals surface area contributed by atoms with Gasteiger partial charge in [0.1, 0.15) is 16.5 Å². The molecule has 0 saturated heterocycles. The van der Waals surface area contributed by atoms with E-state index in [4.69, 9.17) is 0 Å². The molecule has 0 aliphatic rings. The fourth-order valence-corrected chi connectivity index (χ4v) is 4.31. The van der Waals surface area contributed by atoms with Gasteiger partial charge in [-0.15, -0.1) is 0 Å². The first-order valence-electron chi connectivity index (χ1n) is 8.56. The second-order valence-electron chi connectivity index (χ2n) is 6.66. The van der Waals surface area contributed by atoms with Crippen LogP contribution in [0.3, 0.4) is 0 Å². The standard InChI is InChI=1S/C20H16F5NO3S/c1-26(2)17-7-3-6-14-13(17)5-4-8-18(14)30(27,28)29-19(20(23,24)25)15-10-9-12(21)11-16(15)22/h3-11,19H,1-2H3. The van der Waals surface area contributed by atoms with Gasteiger partial charge >= 0.3 is 6.18 Å². The van der Waals surface area contributed by atoms with Gasteiger partial charge in [0.05, 0.1) is 0 Å². The maximum Gasteiger partial charge on any atom is 0.420 e. The Kier molecular flexibility index (Phi) is 5.74. The number of anilines is 1. The van der Waals surface area contributed by atoms with E-state index in [1.165, 1.54) is 12.1 Å². The molecule has 0 spiro atoms. The molecular weight excluding hydrogens is 429 g/mol. The molecule has 0 bridgehead atoms. The van der Waals surface area contributed by atoms with Crippen LogP contribution in [0.1, 0.15) is 11.7 Å². The van der Waals surface area contributed by atoms with Crippen molar-refractivity contribution in [1.29, 1.82) is 0 Å². The summed E-state index contributed by atoms with van der Waals surface area (Å²) >= 11 is 0. The van der Waals surface area contributed by atoms with E-state index < -0.39 is 44.5 Å². The van der Waals surface area contributed by atoms with E-state index in [2.05, 4.69) is 4.18 Å². The number of rotatable bonds is 5. The van der Waals surface area contributed by atoms with Crippen molar-refractivity contribution in [3.63, 3.8) is 0 Å². The predicted molar refractivity (Wildman–Crippen MR) is 102 cm³/mol. The maximum absolute atomic E-state index is 14.0. The van der Waals surface area contributed by atoms with Crippen molar-refractivity contribution >= 4 is 26.6 Å². The SMILES string of the molecule is CN(C)c1cccc2c(S(=O)(=O)OC(c3ccc(F)cc3F)C(F)(F)F)cccc12. The van der Waals surface area contributed by atoms with Crippen LogP contribution in [0.4, 0.5) is 27.6 Å². The summed E-state index contributed by atoms with van der Waals surface area (Å²) in [6, 6.07) is 10.1. The molecule has 4 nitrogen and oxygen atoms in total. The largest absolute Gasteiger partial charge is 0.420 e. The lowest BCUT2D eigenvalue weighted by atomic mass is 10.1. The number of hydrogen-bond donors (Lipinski definition) is 0. The Labute approximate surface area is 169 Å². The van der Waals surface area contributed by atoms with E-state index in [0.29, 0.717) is 23.2 Å². The number of halogens is 5. The normalized spacial score (nSPS) is 13.4. The molecule has 3 rings (SSSR count). The molecule has 0 heterocycles. The highest BCUT2D eigenvalue weighted by Crippen LogP contribution is 2.40. The van der Waals surface area contributed by atoms with Gasteiger partial charge in [0.2, 0.25) is 6.10 Å². The van der Waals surface area contributed by atoms with Crippen LogP contribution in [0.15, 0.2) is 59.5 Å². The van der Waals surface area contributed by atoms with Crippen molar-refractivity contribution < 1.29 is 34.6 Å². The molecular formula is C20H16F5NO3S. The minimum atomic E-state index is -5.27. The fraction of sp³-hybridized carbons (Fsp3) is 0.200. The van der Waals surface area contributed by atoms with Gasteiger partial charge in [-0.1, -0.05) is 30.3 Å². The Balaban J connectivity index is 2.14. The quantitative estimate of drug-likeness (QED) is 0.401. The highest BCUT2D eigenvalue weighted by atomic mass is 32.2. The lowest BCUT2D eigenvalue weighted by Gasteiger charge is -2.22. The Morgan fingerprint density at radius 2 is 1.57 bits per heavy atom. The van der Waals surface area contributed by atoms with Gasteiger partial charge < -0.3 is 4.90 Å². The van der Waals surface area contributed by atoms with E-state index in [1.54, 1.807) is 37.2 Å². The molecule has 0 aliphatic heterocycles. The van der Waals surface area contributed by atoms with Crippen molar-refractivity contribution in [3.05, 3.63) is 71.8 Å². The van der Waals surface area contributed by atoms with Crippen molar-refractivity contribution in [2.24, 2.45) is 0 Å². The predicted octanol–water partition coefficient (Wildman–Crippen LogP) is 5.19. The third-order valence-electron chi connectivity index (χ3n) is 4.38. The van der Waals surface area contributed by atoms with Crippen LogP contribution in [-0.2, 0) is 14.3 Å². The van der Waals surface area contributed by atoms with Gasteiger partial charge in [0, 0.05) is 42.2 Å². The molecule has 0 aromatic heterocycles. The summed E-state index contributed by atoms with van der Waals surface area (Å²) in [6.45, 7) is 0. The molecule has 0 N–H and O–H groups in total. The highest BCUT2D eigenvalue weighted by molar-refractivity contribution is 7.87. The third kappa shape index (κ3) is 4.24. The first-order chi connectivity index (χ1) is 13.9. The number of benzene rings is 3. The lowest BCUT2D eigenvalue weighted by Crippen LogP contribution is -2.27. The van der Waals surface area contributed by atoms with Crippen LogP contribution >= 0.6 is 0 Å². The van der Waals surface area contributed by atoms with Crippen LogP contribution < -0.4 is 4.90 Å². The van der Waals surface area contributed by atoms with E-state index in [0.717, 1.165) is 6.07 Å². The number of fused-ring (bicyclic) bond motifs is 1. The molecule has 1 atom stereocenters. The molecule has 10 heteroatoms. The van der Waals surface area contributed by atoms with Crippen LogP contribution in [-0.4, -0.2) is 28.7 Å². The van der Waals surface area contributed by atoms with Gasteiger partial charge in [-0.25, -0.2) is 13.0 Å². The zero-order valence-electron chi connectivity index (χ0n) is 15.7. The summed E-state index contributed by atoms with van der Waals surface area (Å²) in [5.41, 5.74) is -0.497. The van der Waals surface area contributed by atoms with E-state index in [9.17, 15) is 30.4 Å². The Morgan fingerprint density at radius 1 is 0.933 bits per heavy atom. The Morgan fingerprint density at radius 3 is 2.17 bits per heavy atom. The minimum absolute atomic E-state index is 0.143. The van der Waals surface area contributed by atoms with Crippen molar-refractivity contribution in [3.8, 4) is 0 Å². The third-order valence-corrected chi connectivity index (χ3v) is 5.72. The van der Waals surface area contributed by atoms with Gasteiger partial charge in [0.25, 0.3) is 10.1 Å². The molecule has 0 radical (unpaired) electrons. The van der Waals surface area contributed by atoms with Gasteiger partial charge in [-0.3, -0.25) is 0 Å². The number of hydrogen-bond acceptors (Lipinski definition) is 4. The molecule has 160 valence electrons. The summed E-state index contributed by atoms with van der Waals surface area (Å²) in [6.07, 6.45) is -8.42. The second kappa shape index (κ2) is 7.84. The topological polar surface area (TPSA) is 46.6 Å². The summed E-state index contributed by atoms with van der Waals surface area (Å²) in [5, 5.41) is 0.618. The molecule has 30 heavy (non-hydrogen) atoms. The molecule has 0 saturated carbocycles. The lowest BCUT2D eigenvalue weighted by molar-refractivity contribution is -0.197. The van der Waals surface area contributed by atoms with E-state index in [1.807, 2.05) is 0 Å². The first-order valence-corrected chi connectivity index (χ1v) is 9.96. The maximum atomic E-state index is 14.0. The Bertz CT molecular complexity index is 1190. The average Bonchev–Trinajstić information content (AvgIpc) is 2.64. The summed E-state index contributed by atoms with van der Waals surface area (Å²) in [5.74, 6) is -2.68. The zero-order valence-corrected chi connectivity index (χ0v) is 16.6. The Hall–Kier alpha value is -2.72. The van der Waals surface area contributed by atoms with E-state index in [-0.39, 0.29) is 11.5 Å². The molecule has 1 unspecified atom stereocenters. The second-order valence-corrected chi connectivity index (χ2v) is 8.20. The van der Waals surface area contributed by atoms with Crippen molar-refractivity contribution in [1.82, 2.24) is 0 Å². The van der Waals surface area contributed by atoms with Gasteiger partial charge in [0.15, 0.2) is 0 Å².